The molecule has 2 aromatic rings. The maximum Gasteiger partial charge on any atom is 0.0760 e. The molecule has 1 saturated heterocycles. The van der Waals surface area contributed by atoms with E-state index in [1.165, 1.54) is 15.8 Å². The van der Waals surface area contributed by atoms with Gasteiger partial charge in [0.2, 0.25) is 0 Å². The van der Waals surface area contributed by atoms with E-state index in [9.17, 15) is 0 Å². The number of hydrogen-bond acceptors (Lipinski definition) is 4. The molecule has 1 fully saturated rings. The van der Waals surface area contributed by atoms with Crippen LogP contribution in [0.1, 0.15) is 5.69 Å². The number of fused-ring (bicyclic) bond motifs is 1. The highest BCUT2D eigenvalue weighted by molar-refractivity contribution is 7.13. The summed E-state index contributed by atoms with van der Waals surface area (Å²) in [4.78, 5) is 2.47. The van der Waals surface area contributed by atoms with Crippen LogP contribution in [0.15, 0.2) is 24.3 Å². The van der Waals surface area contributed by atoms with Crippen LogP contribution in [-0.4, -0.2) is 35.5 Å². The molecule has 1 aliphatic rings. The maximum absolute atomic E-state index is 4.57. The van der Waals surface area contributed by atoms with Crippen molar-refractivity contribution in [2.75, 3.05) is 26.2 Å². The van der Waals surface area contributed by atoms with Crippen molar-refractivity contribution in [2.45, 2.75) is 6.54 Å². The molecule has 1 aromatic carbocycles. The minimum Gasteiger partial charge on any atom is -0.314 e. The number of piperazine rings is 1. The molecule has 2 heterocycles. The molecule has 1 aromatic heterocycles. The topological polar surface area (TPSA) is 28.2 Å². The van der Waals surface area contributed by atoms with E-state index in [0.29, 0.717) is 0 Å². The number of hydrogen-bond donors (Lipinski definition) is 1. The molecule has 0 radical (unpaired) electrons. The summed E-state index contributed by atoms with van der Waals surface area (Å²) in [6, 6.07) is 8.50. The Labute approximate surface area is 99.2 Å². The highest BCUT2D eigenvalue weighted by Gasteiger charge is 2.13. The Morgan fingerprint density at radius 3 is 2.94 bits per heavy atom. The summed E-state index contributed by atoms with van der Waals surface area (Å²) < 4.78 is 5.87. The third-order valence-corrected chi connectivity index (χ3v) is 3.90. The van der Waals surface area contributed by atoms with Crippen molar-refractivity contribution in [3.8, 4) is 0 Å². The van der Waals surface area contributed by atoms with E-state index in [1.54, 1.807) is 11.5 Å². The second-order valence-corrected chi connectivity index (χ2v) is 4.96. The van der Waals surface area contributed by atoms with Gasteiger partial charge in [-0.2, -0.15) is 4.37 Å². The van der Waals surface area contributed by atoms with Gasteiger partial charge in [0, 0.05) is 38.1 Å². The maximum atomic E-state index is 4.57. The number of benzene rings is 1. The average molecular weight is 233 g/mol. The molecular formula is C12H15N3S. The van der Waals surface area contributed by atoms with Crippen LogP contribution >= 0.6 is 11.5 Å². The summed E-state index contributed by atoms with van der Waals surface area (Å²) in [5.41, 5.74) is 1.24. The molecule has 16 heavy (non-hydrogen) atoms. The van der Waals surface area contributed by atoms with E-state index >= 15 is 0 Å². The fraction of sp³-hybridized carbons (Fsp3) is 0.417. The van der Waals surface area contributed by atoms with Crippen LogP contribution < -0.4 is 5.32 Å². The van der Waals surface area contributed by atoms with Crippen molar-refractivity contribution in [3.63, 3.8) is 0 Å². The summed E-state index contributed by atoms with van der Waals surface area (Å²) in [7, 11) is 0. The molecule has 3 nitrogen and oxygen atoms in total. The van der Waals surface area contributed by atoms with Crippen LogP contribution in [-0.2, 0) is 6.54 Å². The van der Waals surface area contributed by atoms with Gasteiger partial charge in [-0.1, -0.05) is 18.2 Å². The molecular weight excluding hydrogens is 218 g/mol. The van der Waals surface area contributed by atoms with Gasteiger partial charge in [0.1, 0.15) is 0 Å². The first kappa shape index (κ1) is 10.2. The van der Waals surface area contributed by atoms with Crippen LogP contribution in [0.4, 0.5) is 0 Å². The first-order valence-corrected chi connectivity index (χ1v) is 6.47. The van der Waals surface area contributed by atoms with E-state index in [-0.39, 0.29) is 0 Å². The Bertz CT molecular complexity index is 474. The molecule has 0 aliphatic carbocycles. The first-order chi connectivity index (χ1) is 7.93. The summed E-state index contributed by atoms with van der Waals surface area (Å²) >= 11 is 1.61. The lowest BCUT2D eigenvalue weighted by atomic mass is 10.2. The summed E-state index contributed by atoms with van der Waals surface area (Å²) in [6.07, 6.45) is 0. The lowest BCUT2D eigenvalue weighted by Gasteiger charge is -2.26. The molecule has 0 unspecified atom stereocenters. The van der Waals surface area contributed by atoms with Gasteiger partial charge in [-0.05, 0) is 17.6 Å². The van der Waals surface area contributed by atoms with Gasteiger partial charge in [-0.15, -0.1) is 0 Å². The van der Waals surface area contributed by atoms with Crippen molar-refractivity contribution in [3.05, 3.63) is 30.0 Å². The minimum atomic E-state index is 0.992. The van der Waals surface area contributed by atoms with E-state index in [1.807, 2.05) is 0 Å². The predicted octanol–water partition coefficient (Wildman–Crippen LogP) is 1.70. The summed E-state index contributed by atoms with van der Waals surface area (Å²) in [6.45, 7) is 5.45. The number of nitrogens with zero attached hydrogens (tertiary/aromatic N) is 2. The molecule has 0 saturated carbocycles. The third-order valence-electron chi connectivity index (χ3n) is 3.04. The van der Waals surface area contributed by atoms with Crippen LogP contribution in [0.25, 0.3) is 10.1 Å². The van der Waals surface area contributed by atoms with Crippen molar-refractivity contribution in [1.82, 2.24) is 14.6 Å². The van der Waals surface area contributed by atoms with Crippen molar-refractivity contribution >= 4 is 21.6 Å². The van der Waals surface area contributed by atoms with E-state index in [2.05, 4.69) is 38.9 Å². The van der Waals surface area contributed by atoms with Gasteiger partial charge in [-0.25, -0.2) is 0 Å². The molecule has 1 aliphatic heterocycles. The van der Waals surface area contributed by atoms with Gasteiger partial charge >= 0.3 is 0 Å². The van der Waals surface area contributed by atoms with Gasteiger partial charge in [-0.3, -0.25) is 4.90 Å². The van der Waals surface area contributed by atoms with Crippen molar-refractivity contribution in [2.24, 2.45) is 0 Å². The largest absolute Gasteiger partial charge is 0.314 e. The van der Waals surface area contributed by atoms with E-state index < -0.39 is 0 Å². The van der Waals surface area contributed by atoms with Crippen LogP contribution in [0, 0.1) is 0 Å². The van der Waals surface area contributed by atoms with Crippen molar-refractivity contribution in [1.29, 1.82) is 0 Å². The van der Waals surface area contributed by atoms with Gasteiger partial charge in [0.25, 0.3) is 0 Å². The summed E-state index contributed by atoms with van der Waals surface area (Å²) in [5.74, 6) is 0. The fourth-order valence-corrected chi connectivity index (χ4v) is 2.92. The number of aromatic nitrogens is 1. The molecule has 0 bridgehead atoms. The Morgan fingerprint density at radius 2 is 2.06 bits per heavy atom. The minimum absolute atomic E-state index is 0.992. The number of nitrogens with one attached hydrogen (secondary N) is 1. The molecule has 0 atom stereocenters. The quantitative estimate of drug-likeness (QED) is 0.856. The Kier molecular flexibility index (Phi) is 2.86. The van der Waals surface area contributed by atoms with Gasteiger partial charge < -0.3 is 5.32 Å². The molecule has 0 spiro atoms. The number of rotatable bonds is 2. The third kappa shape index (κ3) is 1.96. The monoisotopic (exact) mass is 233 g/mol. The molecule has 84 valence electrons. The zero-order chi connectivity index (χ0) is 10.8. The zero-order valence-corrected chi connectivity index (χ0v) is 9.96. The molecule has 1 N–H and O–H groups in total. The highest BCUT2D eigenvalue weighted by atomic mass is 32.1. The van der Waals surface area contributed by atoms with Crippen molar-refractivity contribution < 1.29 is 0 Å². The Balaban J connectivity index is 1.83. The smallest absolute Gasteiger partial charge is 0.0760 e. The Hall–Kier alpha value is -0.970. The SMILES string of the molecule is c1ccc2c(CN3CCNCC3)nsc2c1. The van der Waals surface area contributed by atoms with Crippen LogP contribution in [0.5, 0.6) is 0 Å². The lowest BCUT2D eigenvalue weighted by molar-refractivity contribution is 0.232. The van der Waals surface area contributed by atoms with E-state index in [0.717, 1.165) is 32.7 Å². The lowest BCUT2D eigenvalue weighted by Crippen LogP contribution is -2.42. The second-order valence-electron chi connectivity index (χ2n) is 4.15. The van der Waals surface area contributed by atoms with E-state index in [4.69, 9.17) is 0 Å². The first-order valence-electron chi connectivity index (χ1n) is 5.70. The fourth-order valence-electron chi connectivity index (χ4n) is 2.13. The highest BCUT2D eigenvalue weighted by Crippen LogP contribution is 2.23. The summed E-state index contributed by atoms with van der Waals surface area (Å²) in [5, 5.41) is 4.70. The van der Waals surface area contributed by atoms with Gasteiger partial charge in [0.05, 0.1) is 10.4 Å². The zero-order valence-electron chi connectivity index (χ0n) is 9.15. The molecule has 0 amide bonds. The van der Waals surface area contributed by atoms with Crippen LogP contribution in [0.3, 0.4) is 0 Å². The molecule has 3 rings (SSSR count). The normalized spacial score (nSPS) is 18.0. The average Bonchev–Trinajstić information content (AvgIpc) is 2.74. The molecule has 4 heteroatoms. The van der Waals surface area contributed by atoms with Gasteiger partial charge in [0.15, 0.2) is 0 Å². The second kappa shape index (κ2) is 4.49. The Morgan fingerprint density at radius 1 is 1.25 bits per heavy atom. The standard InChI is InChI=1S/C12H15N3S/c1-2-4-12-10(3-1)11(14-16-12)9-15-7-5-13-6-8-15/h1-4,13H,5-9H2. The van der Waals surface area contributed by atoms with Crippen LogP contribution in [0.2, 0.25) is 0 Å². The predicted molar refractivity (Wildman–Crippen MR) is 67.8 cm³/mol.